The SMILES string of the molecule is COc1ccccc1N1C[C@H](c2nc3ccccc3n2CCC(C)C)CC1=O. The van der Waals surface area contributed by atoms with Crippen molar-refractivity contribution in [1.29, 1.82) is 0 Å². The fourth-order valence-corrected chi connectivity index (χ4v) is 3.99. The standard InChI is InChI=1S/C23H27N3O2/c1-16(2)12-13-25-19-9-5-4-8-18(19)24-23(25)17-14-22(27)26(15-17)20-10-6-7-11-21(20)28-3/h4-11,16-17H,12-15H2,1-3H3/t17-/m1/s1. The molecule has 0 aliphatic carbocycles. The van der Waals surface area contributed by atoms with Crippen LogP contribution >= 0.6 is 0 Å². The van der Waals surface area contributed by atoms with Gasteiger partial charge in [0.05, 0.1) is 23.8 Å². The van der Waals surface area contributed by atoms with E-state index in [-0.39, 0.29) is 11.8 Å². The normalized spacial score (nSPS) is 17.1. The number of carbonyl (C=O) groups is 1. The highest BCUT2D eigenvalue weighted by molar-refractivity contribution is 5.97. The van der Waals surface area contributed by atoms with Crippen molar-refractivity contribution >= 4 is 22.6 Å². The van der Waals surface area contributed by atoms with Crippen molar-refractivity contribution in [3.63, 3.8) is 0 Å². The van der Waals surface area contributed by atoms with Crippen molar-refractivity contribution in [2.75, 3.05) is 18.6 Å². The van der Waals surface area contributed by atoms with Gasteiger partial charge in [0.25, 0.3) is 0 Å². The molecule has 0 bridgehead atoms. The number of hydrogen-bond donors (Lipinski definition) is 0. The van der Waals surface area contributed by atoms with Crippen LogP contribution in [0.4, 0.5) is 5.69 Å². The van der Waals surface area contributed by atoms with Gasteiger partial charge < -0.3 is 14.2 Å². The summed E-state index contributed by atoms with van der Waals surface area (Å²) >= 11 is 0. The Morgan fingerprint density at radius 3 is 2.68 bits per heavy atom. The molecule has 2 heterocycles. The average molecular weight is 377 g/mol. The number of aryl methyl sites for hydroxylation is 1. The van der Waals surface area contributed by atoms with Gasteiger partial charge in [0, 0.05) is 25.4 Å². The lowest BCUT2D eigenvalue weighted by Gasteiger charge is -2.20. The quantitative estimate of drug-likeness (QED) is 0.630. The van der Waals surface area contributed by atoms with Gasteiger partial charge in [-0.25, -0.2) is 4.98 Å². The summed E-state index contributed by atoms with van der Waals surface area (Å²) in [6.45, 7) is 6.03. The Morgan fingerprint density at radius 2 is 1.89 bits per heavy atom. The minimum Gasteiger partial charge on any atom is -0.495 e. The van der Waals surface area contributed by atoms with Crippen LogP contribution in [-0.4, -0.2) is 29.1 Å². The molecule has 1 atom stereocenters. The van der Waals surface area contributed by atoms with E-state index in [0.29, 0.717) is 18.9 Å². The number of aromatic nitrogens is 2. The number of fused-ring (bicyclic) bond motifs is 1. The highest BCUT2D eigenvalue weighted by Crippen LogP contribution is 2.37. The molecule has 1 aliphatic heterocycles. The zero-order chi connectivity index (χ0) is 19.7. The van der Waals surface area contributed by atoms with E-state index in [9.17, 15) is 4.79 Å². The minimum atomic E-state index is 0.0805. The fraction of sp³-hybridized carbons (Fsp3) is 0.391. The van der Waals surface area contributed by atoms with Crippen LogP contribution < -0.4 is 9.64 Å². The molecule has 0 spiro atoms. The van der Waals surface area contributed by atoms with Crippen LogP contribution in [0.5, 0.6) is 5.75 Å². The van der Waals surface area contributed by atoms with Crippen LogP contribution in [0.25, 0.3) is 11.0 Å². The largest absolute Gasteiger partial charge is 0.495 e. The number of carbonyl (C=O) groups excluding carboxylic acids is 1. The summed E-state index contributed by atoms with van der Waals surface area (Å²) in [5.74, 6) is 2.57. The Hall–Kier alpha value is -2.82. The highest BCUT2D eigenvalue weighted by atomic mass is 16.5. The number of ether oxygens (including phenoxy) is 1. The molecular formula is C23H27N3O2. The molecule has 1 saturated heterocycles. The molecule has 0 saturated carbocycles. The van der Waals surface area contributed by atoms with Crippen molar-refractivity contribution in [3.8, 4) is 5.75 Å². The van der Waals surface area contributed by atoms with Gasteiger partial charge in [-0.3, -0.25) is 4.79 Å². The summed E-state index contributed by atoms with van der Waals surface area (Å²) in [5.41, 5.74) is 2.99. The molecule has 0 N–H and O–H groups in total. The predicted molar refractivity (Wildman–Crippen MR) is 112 cm³/mol. The topological polar surface area (TPSA) is 47.4 Å². The lowest BCUT2D eigenvalue weighted by Crippen LogP contribution is -2.25. The third-order valence-corrected chi connectivity index (χ3v) is 5.48. The number of methoxy groups -OCH3 is 1. The van der Waals surface area contributed by atoms with Gasteiger partial charge in [-0.1, -0.05) is 38.1 Å². The fourth-order valence-electron chi connectivity index (χ4n) is 3.99. The Balaban J connectivity index is 1.69. The van der Waals surface area contributed by atoms with Crippen LogP contribution in [0.15, 0.2) is 48.5 Å². The van der Waals surface area contributed by atoms with Crippen molar-refractivity contribution in [1.82, 2.24) is 9.55 Å². The predicted octanol–water partition coefficient (Wildman–Crippen LogP) is 4.61. The Bertz CT molecular complexity index is 992. The zero-order valence-electron chi connectivity index (χ0n) is 16.8. The number of rotatable bonds is 6. The number of para-hydroxylation sites is 4. The van der Waals surface area contributed by atoms with Gasteiger partial charge in [0.1, 0.15) is 11.6 Å². The Kier molecular flexibility index (Phi) is 5.07. The maximum atomic E-state index is 12.9. The van der Waals surface area contributed by atoms with E-state index >= 15 is 0 Å². The average Bonchev–Trinajstić information content (AvgIpc) is 3.26. The van der Waals surface area contributed by atoms with Crippen LogP contribution in [0.3, 0.4) is 0 Å². The first kappa shape index (κ1) is 18.5. The third-order valence-electron chi connectivity index (χ3n) is 5.48. The molecule has 5 heteroatoms. The first-order chi connectivity index (χ1) is 13.6. The van der Waals surface area contributed by atoms with E-state index in [0.717, 1.165) is 41.3 Å². The van der Waals surface area contributed by atoms with E-state index in [1.54, 1.807) is 7.11 Å². The molecule has 5 nitrogen and oxygen atoms in total. The van der Waals surface area contributed by atoms with E-state index in [1.807, 2.05) is 35.2 Å². The number of benzene rings is 2. The second kappa shape index (κ2) is 7.66. The second-order valence-corrected chi connectivity index (χ2v) is 7.87. The van der Waals surface area contributed by atoms with E-state index in [4.69, 9.17) is 9.72 Å². The molecule has 0 radical (unpaired) electrons. The van der Waals surface area contributed by atoms with Gasteiger partial charge >= 0.3 is 0 Å². The third kappa shape index (κ3) is 3.37. The maximum Gasteiger partial charge on any atom is 0.227 e. The molecule has 28 heavy (non-hydrogen) atoms. The van der Waals surface area contributed by atoms with Crippen LogP contribution in [0, 0.1) is 5.92 Å². The Labute approximate surface area is 165 Å². The van der Waals surface area contributed by atoms with Gasteiger partial charge in [-0.2, -0.15) is 0 Å². The van der Waals surface area contributed by atoms with E-state index in [1.165, 1.54) is 0 Å². The maximum absolute atomic E-state index is 12.9. The van der Waals surface area contributed by atoms with Gasteiger partial charge in [-0.15, -0.1) is 0 Å². The van der Waals surface area contributed by atoms with Crippen molar-refractivity contribution in [3.05, 3.63) is 54.4 Å². The molecular weight excluding hydrogens is 350 g/mol. The monoisotopic (exact) mass is 377 g/mol. The number of imidazole rings is 1. The first-order valence-electron chi connectivity index (χ1n) is 9.97. The molecule has 1 amide bonds. The second-order valence-electron chi connectivity index (χ2n) is 7.87. The molecule has 3 aromatic rings. The Morgan fingerprint density at radius 1 is 1.14 bits per heavy atom. The van der Waals surface area contributed by atoms with E-state index < -0.39 is 0 Å². The van der Waals surface area contributed by atoms with Crippen molar-refractivity contribution in [2.24, 2.45) is 5.92 Å². The molecule has 1 fully saturated rings. The van der Waals surface area contributed by atoms with Gasteiger partial charge in [0.2, 0.25) is 5.91 Å². The smallest absolute Gasteiger partial charge is 0.227 e. The van der Waals surface area contributed by atoms with Crippen molar-refractivity contribution in [2.45, 2.75) is 39.2 Å². The molecule has 2 aromatic carbocycles. The van der Waals surface area contributed by atoms with Crippen LogP contribution in [-0.2, 0) is 11.3 Å². The summed E-state index contributed by atoms with van der Waals surface area (Å²) in [7, 11) is 1.64. The first-order valence-corrected chi connectivity index (χ1v) is 9.97. The molecule has 0 unspecified atom stereocenters. The number of nitrogens with zero attached hydrogens (tertiary/aromatic N) is 3. The lowest BCUT2D eigenvalue weighted by molar-refractivity contribution is -0.117. The molecule has 4 rings (SSSR count). The summed E-state index contributed by atoms with van der Waals surface area (Å²) in [6, 6.07) is 16.0. The number of hydrogen-bond acceptors (Lipinski definition) is 3. The van der Waals surface area contributed by atoms with Crippen LogP contribution in [0.2, 0.25) is 0 Å². The molecule has 1 aromatic heterocycles. The van der Waals surface area contributed by atoms with Gasteiger partial charge in [0.15, 0.2) is 0 Å². The summed E-state index contributed by atoms with van der Waals surface area (Å²) in [4.78, 5) is 19.6. The highest BCUT2D eigenvalue weighted by Gasteiger charge is 2.35. The van der Waals surface area contributed by atoms with E-state index in [2.05, 4.69) is 36.6 Å². The number of amides is 1. The van der Waals surface area contributed by atoms with Gasteiger partial charge in [-0.05, 0) is 36.6 Å². The minimum absolute atomic E-state index is 0.0805. The zero-order valence-corrected chi connectivity index (χ0v) is 16.8. The van der Waals surface area contributed by atoms with Crippen molar-refractivity contribution < 1.29 is 9.53 Å². The summed E-state index contributed by atoms with van der Waals surface area (Å²) < 4.78 is 7.79. The lowest BCUT2D eigenvalue weighted by atomic mass is 10.1. The summed E-state index contributed by atoms with van der Waals surface area (Å²) in [6.07, 6.45) is 1.56. The van der Waals surface area contributed by atoms with Crippen LogP contribution in [0.1, 0.15) is 38.4 Å². The molecule has 1 aliphatic rings. The summed E-state index contributed by atoms with van der Waals surface area (Å²) in [5, 5.41) is 0. The molecule has 146 valence electrons. The number of anilines is 1.